The number of carbonyl (C=O) groups excluding carboxylic acids is 1. The summed E-state index contributed by atoms with van der Waals surface area (Å²) in [6.45, 7) is 0.895. The fourth-order valence-corrected chi connectivity index (χ4v) is 5.26. The number of methoxy groups -OCH3 is 4. The minimum atomic E-state index is -4.39. The highest BCUT2D eigenvalue weighted by Gasteiger charge is 2.29. The molecule has 208 valence electrons. The Morgan fingerprint density at radius 3 is 2.15 bits per heavy atom. The molecule has 13 heteroatoms. The van der Waals surface area contributed by atoms with Gasteiger partial charge in [0.1, 0.15) is 12.3 Å². The molecule has 3 aromatic carbocycles. The zero-order valence-corrected chi connectivity index (χ0v) is 22.9. The number of nitro benzene ring substituents is 1. The molecule has 0 unspecified atom stereocenters. The van der Waals surface area contributed by atoms with Crippen LogP contribution in [0.3, 0.4) is 0 Å². The van der Waals surface area contributed by atoms with E-state index in [2.05, 4.69) is 5.32 Å². The van der Waals surface area contributed by atoms with Gasteiger partial charge in [-0.3, -0.25) is 19.2 Å². The zero-order chi connectivity index (χ0) is 28.7. The van der Waals surface area contributed by atoms with Crippen LogP contribution >= 0.6 is 0 Å². The Morgan fingerprint density at radius 1 is 0.923 bits per heavy atom. The smallest absolute Gasteiger partial charge is 0.273 e. The molecule has 1 N–H and O–H groups in total. The number of carbonyl (C=O) groups is 1. The maximum Gasteiger partial charge on any atom is 0.273 e. The van der Waals surface area contributed by atoms with Gasteiger partial charge in [0.2, 0.25) is 11.7 Å². The van der Waals surface area contributed by atoms with Gasteiger partial charge >= 0.3 is 0 Å². The highest BCUT2D eigenvalue weighted by molar-refractivity contribution is 7.92. The van der Waals surface area contributed by atoms with E-state index in [4.69, 9.17) is 18.9 Å². The minimum Gasteiger partial charge on any atom is -0.497 e. The van der Waals surface area contributed by atoms with Crippen molar-refractivity contribution in [2.75, 3.05) is 39.3 Å². The Bertz CT molecular complexity index is 1460. The molecule has 0 aliphatic heterocycles. The van der Waals surface area contributed by atoms with E-state index in [1.807, 2.05) is 0 Å². The van der Waals surface area contributed by atoms with Gasteiger partial charge in [0.25, 0.3) is 15.7 Å². The van der Waals surface area contributed by atoms with Crippen LogP contribution in [0.5, 0.6) is 23.0 Å². The van der Waals surface area contributed by atoms with Gasteiger partial charge in [-0.15, -0.1) is 0 Å². The Labute approximate surface area is 226 Å². The number of amides is 1. The highest BCUT2D eigenvalue weighted by atomic mass is 32.2. The molecular weight excluding hydrogens is 530 g/mol. The van der Waals surface area contributed by atoms with E-state index < -0.39 is 27.4 Å². The molecule has 0 heterocycles. The Morgan fingerprint density at radius 2 is 1.59 bits per heavy atom. The minimum absolute atomic E-state index is 0.00509. The fourth-order valence-electron chi connectivity index (χ4n) is 3.82. The number of anilines is 1. The van der Waals surface area contributed by atoms with Gasteiger partial charge in [-0.05, 0) is 49.4 Å². The molecule has 0 aliphatic rings. The van der Waals surface area contributed by atoms with Crippen LogP contribution in [-0.4, -0.2) is 54.2 Å². The molecule has 0 radical (unpaired) electrons. The second-order valence-corrected chi connectivity index (χ2v) is 10.0. The first-order valence-corrected chi connectivity index (χ1v) is 13.0. The van der Waals surface area contributed by atoms with Crippen LogP contribution < -0.4 is 28.6 Å². The highest BCUT2D eigenvalue weighted by Crippen LogP contribution is 2.39. The Balaban J connectivity index is 1.94. The summed E-state index contributed by atoms with van der Waals surface area (Å²) in [6.07, 6.45) is 0. The number of nitrogens with zero attached hydrogens (tertiary/aromatic N) is 2. The van der Waals surface area contributed by atoms with Gasteiger partial charge in [0.05, 0.1) is 43.9 Å². The molecule has 12 nitrogen and oxygen atoms in total. The molecule has 0 bridgehead atoms. The van der Waals surface area contributed by atoms with Crippen molar-refractivity contribution >= 4 is 27.3 Å². The summed E-state index contributed by atoms with van der Waals surface area (Å²) in [7, 11) is 1.45. The SMILES string of the molecule is COc1ccc(N(CC(=O)NCc2ccc(OC)c(OC)c2OC)S(=O)(=O)c2ccc(C)c([N+](=O)[O-])c2)cc1. The van der Waals surface area contributed by atoms with Crippen LogP contribution in [0.15, 0.2) is 59.5 Å². The monoisotopic (exact) mass is 559 g/mol. The molecule has 0 aliphatic carbocycles. The molecule has 0 fully saturated rings. The number of aryl methyl sites for hydroxylation is 1. The summed E-state index contributed by atoms with van der Waals surface area (Å²) in [4.78, 5) is 23.5. The van der Waals surface area contributed by atoms with Crippen LogP contribution in [-0.2, 0) is 21.4 Å². The molecular formula is C26H29N3O9S. The van der Waals surface area contributed by atoms with Crippen molar-refractivity contribution in [1.82, 2.24) is 5.32 Å². The standard InChI is InChI=1S/C26H29N3O9S/c1-17-6-12-21(14-22(17)29(31)32)39(33,34)28(19-8-10-20(35-2)11-9-19)16-24(30)27-15-18-7-13-23(36-3)26(38-5)25(18)37-4/h6-14H,15-16H2,1-5H3,(H,27,30). The average molecular weight is 560 g/mol. The molecule has 0 saturated carbocycles. The lowest BCUT2D eigenvalue weighted by Gasteiger charge is -2.24. The molecule has 3 rings (SSSR count). The van der Waals surface area contributed by atoms with Gasteiger partial charge in [-0.2, -0.15) is 0 Å². The van der Waals surface area contributed by atoms with E-state index in [1.54, 1.807) is 24.3 Å². The molecule has 3 aromatic rings. The van der Waals surface area contributed by atoms with Gasteiger partial charge in [0.15, 0.2) is 11.5 Å². The number of nitro groups is 1. The number of ether oxygens (including phenoxy) is 4. The predicted octanol–water partition coefficient (Wildman–Crippen LogP) is 3.45. The van der Waals surface area contributed by atoms with Crippen LogP contribution in [0.25, 0.3) is 0 Å². The summed E-state index contributed by atoms with van der Waals surface area (Å²) in [5.41, 5.74) is 0.682. The quantitative estimate of drug-likeness (QED) is 0.260. The van der Waals surface area contributed by atoms with Crippen molar-refractivity contribution in [3.05, 3.63) is 75.8 Å². The lowest BCUT2D eigenvalue weighted by Crippen LogP contribution is -2.40. The largest absolute Gasteiger partial charge is 0.497 e. The Kier molecular flexibility index (Phi) is 9.20. The van der Waals surface area contributed by atoms with E-state index >= 15 is 0 Å². The fraction of sp³-hybridized carbons (Fsp3) is 0.269. The summed E-state index contributed by atoms with van der Waals surface area (Å²) < 4.78 is 49.5. The maximum atomic E-state index is 13.7. The number of sulfonamides is 1. The summed E-state index contributed by atoms with van der Waals surface area (Å²) in [6, 6.07) is 13.0. The van der Waals surface area contributed by atoms with Crippen LogP contribution in [0.4, 0.5) is 11.4 Å². The van der Waals surface area contributed by atoms with Crippen LogP contribution in [0.1, 0.15) is 11.1 Å². The molecule has 0 atom stereocenters. The number of hydrogen-bond donors (Lipinski definition) is 1. The van der Waals surface area contributed by atoms with Crippen molar-refractivity contribution < 1.29 is 37.1 Å². The number of rotatable bonds is 12. The van der Waals surface area contributed by atoms with E-state index in [-0.39, 0.29) is 22.8 Å². The third-order valence-corrected chi connectivity index (χ3v) is 7.64. The molecule has 0 saturated heterocycles. The van der Waals surface area contributed by atoms with Crippen LogP contribution in [0.2, 0.25) is 0 Å². The van der Waals surface area contributed by atoms with Gasteiger partial charge in [-0.25, -0.2) is 8.42 Å². The molecule has 0 spiro atoms. The molecule has 1 amide bonds. The summed E-state index contributed by atoms with van der Waals surface area (Å²) >= 11 is 0. The van der Waals surface area contributed by atoms with E-state index in [0.29, 0.717) is 34.1 Å². The van der Waals surface area contributed by atoms with Gasteiger partial charge in [0, 0.05) is 23.7 Å². The van der Waals surface area contributed by atoms with Crippen molar-refractivity contribution in [2.24, 2.45) is 0 Å². The third-order valence-electron chi connectivity index (χ3n) is 5.87. The van der Waals surface area contributed by atoms with Gasteiger partial charge in [-0.1, -0.05) is 6.07 Å². The van der Waals surface area contributed by atoms with E-state index in [9.17, 15) is 23.3 Å². The third kappa shape index (κ3) is 6.32. The first-order chi connectivity index (χ1) is 18.6. The Hall–Kier alpha value is -4.52. The van der Waals surface area contributed by atoms with Crippen molar-refractivity contribution in [3.63, 3.8) is 0 Å². The number of nitrogens with one attached hydrogen (secondary N) is 1. The normalized spacial score (nSPS) is 10.9. The first-order valence-electron chi connectivity index (χ1n) is 11.5. The topological polar surface area (TPSA) is 147 Å². The van der Waals surface area contributed by atoms with Gasteiger partial charge < -0.3 is 24.3 Å². The molecule has 0 aromatic heterocycles. The average Bonchev–Trinajstić information content (AvgIpc) is 2.93. The number of hydrogen-bond acceptors (Lipinski definition) is 9. The van der Waals surface area contributed by atoms with Crippen LogP contribution in [0, 0.1) is 17.0 Å². The van der Waals surface area contributed by atoms with E-state index in [0.717, 1.165) is 10.4 Å². The summed E-state index contributed by atoms with van der Waals surface area (Å²) in [5.74, 6) is 0.979. The molecule has 39 heavy (non-hydrogen) atoms. The lowest BCUT2D eigenvalue weighted by atomic mass is 10.1. The predicted molar refractivity (Wildman–Crippen MR) is 143 cm³/mol. The van der Waals surface area contributed by atoms with Crippen molar-refractivity contribution in [1.29, 1.82) is 0 Å². The second kappa shape index (κ2) is 12.3. The maximum absolute atomic E-state index is 13.7. The summed E-state index contributed by atoms with van der Waals surface area (Å²) in [5, 5.41) is 14.1. The van der Waals surface area contributed by atoms with Crippen molar-refractivity contribution in [3.8, 4) is 23.0 Å². The second-order valence-electron chi connectivity index (χ2n) is 8.19. The number of benzene rings is 3. The first kappa shape index (κ1) is 29.0. The zero-order valence-electron chi connectivity index (χ0n) is 22.1. The lowest BCUT2D eigenvalue weighted by molar-refractivity contribution is -0.385. The van der Waals surface area contributed by atoms with E-state index in [1.165, 1.54) is 59.6 Å². The van der Waals surface area contributed by atoms with Crippen molar-refractivity contribution in [2.45, 2.75) is 18.4 Å².